The SMILES string of the molecule is COCCNCCNCCc1cc(Cl)ccc1Cl. The molecule has 0 amide bonds. The van der Waals surface area contributed by atoms with Crippen LogP contribution in [0.4, 0.5) is 0 Å². The summed E-state index contributed by atoms with van der Waals surface area (Å²) in [4.78, 5) is 0. The maximum absolute atomic E-state index is 6.08. The van der Waals surface area contributed by atoms with E-state index in [9.17, 15) is 0 Å². The molecule has 1 aromatic carbocycles. The number of hydrogen-bond donors (Lipinski definition) is 2. The smallest absolute Gasteiger partial charge is 0.0587 e. The summed E-state index contributed by atoms with van der Waals surface area (Å²) in [5.74, 6) is 0. The molecule has 2 N–H and O–H groups in total. The van der Waals surface area contributed by atoms with Gasteiger partial charge in [0.25, 0.3) is 0 Å². The number of nitrogens with one attached hydrogen (secondary N) is 2. The Bertz CT molecular complexity index is 348. The standard InChI is InChI=1S/C13H20Cl2N2O/c1-18-9-8-17-7-6-16-5-4-11-10-12(14)2-3-13(11)15/h2-3,10,16-17H,4-9H2,1H3. The summed E-state index contributed by atoms with van der Waals surface area (Å²) < 4.78 is 4.94. The minimum Gasteiger partial charge on any atom is -0.383 e. The van der Waals surface area contributed by atoms with Gasteiger partial charge in [0.2, 0.25) is 0 Å². The molecular formula is C13H20Cl2N2O. The Morgan fingerprint density at radius 2 is 1.78 bits per heavy atom. The van der Waals surface area contributed by atoms with Crippen molar-refractivity contribution in [1.82, 2.24) is 10.6 Å². The molecule has 1 aromatic rings. The monoisotopic (exact) mass is 290 g/mol. The van der Waals surface area contributed by atoms with Crippen molar-refractivity contribution in [2.45, 2.75) is 6.42 Å². The molecule has 0 fully saturated rings. The summed E-state index contributed by atoms with van der Waals surface area (Å²) in [6.07, 6.45) is 0.886. The molecule has 0 aliphatic carbocycles. The number of hydrogen-bond acceptors (Lipinski definition) is 3. The van der Waals surface area contributed by atoms with Crippen LogP contribution in [0.5, 0.6) is 0 Å². The van der Waals surface area contributed by atoms with Gasteiger partial charge >= 0.3 is 0 Å². The van der Waals surface area contributed by atoms with Crippen LogP contribution in [0.2, 0.25) is 10.0 Å². The van der Waals surface area contributed by atoms with Crippen molar-refractivity contribution in [3.63, 3.8) is 0 Å². The first-order valence-electron chi connectivity index (χ1n) is 6.08. The molecule has 0 aliphatic heterocycles. The molecule has 0 atom stereocenters. The second kappa shape index (κ2) is 9.59. The third-order valence-electron chi connectivity index (χ3n) is 2.54. The summed E-state index contributed by atoms with van der Waals surface area (Å²) in [5, 5.41) is 8.13. The fraction of sp³-hybridized carbons (Fsp3) is 0.538. The molecular weight excluding hydrogens is 271 g/mol. The molecule has 102 valence electrons. The Kier molecular flexibility index (Phi) is 8.38. The highest BCUT2D eigenvalue weighted by Gasteiger charge is 2.00. The lowest BCUT2D eigenvalue weighted by molar-refractivity contribution is 0.199. The Balaban J connectivity index is 2.09. The Hall–Kier alpha value is -0.320. The molecule has 18 heavy (non-hydrogen) atoms. The van der Waals surface area contributed by atoms with E-state index in [2.05, 4.69) is 10.6 Å². The van der Waals surface area contributed by atoms with E-state index in [4.69, 9.17) is 27.9 Å². The fourth-order valence-electron chi connectivity index (χ4n) is 1.56. The van der Waals surface area contributed by atoms with Gasteiger partial charge in [-0.05, 0) is 36.7 Å². The zero-order chi connectivity index (χ0) is 13.2. The highest BCUT2D eigenvalue weighted by molar-refractivity contribution is 6.33. The van der Waals surface area contributed by atoms with E-state index >= 15 is 0 Å². The first-order valence-corrected chi connectivity index (χ1v) is 6.84. The quantitative estimate of drug-likeness (QED) is 0.685. The molecule has 0 heterocycles. The van der Waals surface area contributed by atoms with Gasteiger partial charge in [-0.25, -0.2) is 0 Å². The third-order valence-corrected chi connectivity index (χ3v) is 3.14. The zero-order valence-corrected chi connectivity index (χ0v) is 12.2. The summed E-state index contributed by atoms with van der Waals surface area (Å²) in [5.41, 5.74) is 1.09. The summed E-state index contributed by atoms with van der Waals surface area (Å²) in [6.45, 7) is 4.40. The highest BCUT2D eigenvalue weighted by Crippen LogP contribution is 2.20. The van der Waals surface area contributed by atoms with E-state index in [-0.39, 0.29) is 0 Å². The van der Waals surface area contributed by atoms with Gasteiger partial charge in [0.1, 0.15) is 0 Å². The molecule has 0 bridgehead atoms. The number of halogens is 2. The largest absolute Gasteiger partial charge is 0.383 e. The molecule has 0 aromatic heterocycles. The second-order valence-corrected chi connectivity index (χ2v) is 4.82. The average Bonchev–Trinajstić information content (AvgIpc) is 2.36. The minimum atomic E-state index is 0.732. The van der Waals surface area contributed by atoms with Gasteiger partial charge in [-0.3, -0.25) is 0 Å². The molecule has 0 radical (unpaired) electrons. The van der Waals surface area contributed by atoms with E-state index in [1.54, 1.807) is 13.2 Å². The Labute approximate surface area is 119 Å². The number of ether oxygens (including phenoxy) is 1. The van der Waals surface area contributed by atoms with Crippen molar-refractivity contribution in [2.24, 2.45) is 0 Å². The molecule has 5 heteroatoms. The van der Waals surface area contributed by atoms with E-state index in [1.165, 1.54) is 0 Å². The van der Waals surface area contributed by atoms with Crippen LogP contribution in [-0.4, -0.2) is 39.9 Å². The van der Waals surface area contributed by atoms with E-state index in [0.29, 0.717) is 0 Å². The van der Waals surface area contributed by atoms with Gasteiger partial charge < -0.3 is 15.4 Å². The maximum Gasteiger partial charge on any atom is 0.0587 e. The van der Waals surface area contributed by atoms with Crippen LogP contribution >= 0.6 is 23.2 Å². The van der Waals surface area contributed by atoms with Crippen molar-refractivity contribution in [1.29, 1.82) is 0 Å². The molecule has 0 aliphatic rings. The summed E-state index contributed by atoms with van der Waals surface area (Å²) in [7, 11) is 1.70. The maximum atomic E-state index is 6.08. The van der Waals surface area contributed by atoms with Crippen LogP contribution in [0.1, 0.15) is 5.56 Å². The van der Waals surface area contributed by atoms with Crippen molar-refractivity contribution in [3.8, 4) is 0 Å². The lowest BCUT2D eigenvalue weighted by Crippen LogP contribution is -2.30. The lowest BCUT2D eigenvalue weighted by atomic mass is 10.1. The van der Waals surface area contributed by atoms with Crippen molar-refractivity contribution < 1.29 is 4.74 Å². The number of benzene rings is 1. The van der Waals surface area contributed by atoms with E-state index in [0.717, 1.165) is 54.8 Å². The van der Waals surface area contributed by atoms with Gasteiger partial charge in [-0.2, -0.15) is 0 Å². The first kappa shape index (κ1) is 15.7. The Morgan fingerprint density at radius 3 is 2.50 bits per heavy atom. The molecule has 3 nitrogen and oxygen atoms in total. The number of methoxy groups -OCH3 is 1. The second-order valence-electron chi connectivity index (χ2n) is 3.98. The van der Waals surface area contributed by atoms with Gasteiger partial charge in [-0.1, -0.05) is 23.2 Å². The van der Waals surface area contributed by atoms with E-state index in [1.807, 2.05) is 12.1 Å². The van der Waals surface area contributed by atoms with Gasteiger partial charge in [0.05, 0.1) is 6.61 Å². The number of rotatable bonds is 9. The van der Waals surface area contributed by atoms with Crippen LogP contribution in [0.15, 0.2) is 18.2 Å². The summed E-state index contributed by atoms with van der Waals surface area (Å²) >= 11 is 12.0. The average molecular weight is 291 g/mol. The van der Waals surface area contributed by atoms with Crippen LogP contribution in [-0.2, 0) is 11.2 Å². The summed E-state index contributed by atoms with van der Waals surface area (Å²) in [6, 6.07) is 5.56. The molecule has 0 unspecified atom stereocenters. The van der Waals surface area contributed by atoms with Crippen LogP contribution < -0.4 is 10.6 Å². The fourth-order valence-corrected chi connectivity index (χ4v) is 1.97. The first-order chi connectivity index (χ1) is 8.74. The van der Waals surface area contributed by atoms with Crippen LogP contribution in [0, 0.1) is 0 Å². The predicted octanol–water partition coefficient (Wildman–Crippen LogP) is 2.36. The molecule has 1 rings (SSSR count). The Morgan fingerprint density at radius 1 is 1.06 bits per heavy atom. The predicted molar refractivity (Wildman–Crippen MR) is 77.8 cm³/mol. The topological polar surface area (TPSA) is 33.3 Å². The van der Waals surface area contributed by atoms with Crippen molar-refractivity contribution in [3.05, 3.63) is 33.8 Å². The third kappa shape index (κ3) is 6.57. The van der Waals surface area contributed by atoms with Crippen molar-refractivity contribution in [2.75, 3.05) is 39.9 Å². The van der Waals surface area contributed by atoms with Gasteiger partial charge in [-0.15, -0.1) is 0 Å². The van der Waals surface area contributed by atoms with E-state index < -0.39 is 0 Å². The lowest BCUT2D eigenvalue weighted by Gasteiger charge is -2.07. The molecule has 0 spiro atoms. The van der Waals surface area contributed by atoms with Crippen molar-refractivity contribution >= 4 is 23.2 Å². The highest BCUT2D eigenvalue weighted by atomic mass is 35.5. The van der Waals surface area contributed by atoms with Crippen LogP contribution in [0.25, 0.3) is 0 Å². The van der Waals surface area contributed by atoms with Gasteiger partial charge in [0.15, 0.2) is 0 Å². The zero-order valence-electron chi connectivity index (χ0n) is 10.6. The van der Waals surface area contributed by atoms with Gasteiger partial charge in [0, 0.05) is 36.8 Å². The molecule has 0 saturated carbocycles. The minimum absolute atomic E-state index is 0.732. The normalized spacial score (nSPS) is 10.8. The molecule has 0 saturated heterocycles. The van der Waals surface area contributed by atoms with Crippen LogP contribution in [0.3, 0.4) is 0 Å².